The van der Waals surface area contributed by atoms with Gasteiger partial charge in [0.15, 0.2) is 0 Å². The number of unbranched alkanes of at least 4 members (excludes halogenated alkanes) is 1. The molecule has 1 heterocycles. The van der Waals surface area contributed by atoms with Crippen molar-refractivity contribution < 1.29 is 12.8 Å². The zero-order chi connectivity index (χ0) is 12.0. The minimum Gasteiger partial charge on any atom is -0.452 e. The van der Waals surface area contributed by atoms with Gasteiger partial charge in [-0.05, 0) is 18.6 Å². The van der Waals surface area contributed by atoms with E-state index in [2.05, 4.69) is 11.6 Å². The van der Waals surface area contributed by atoms with Crippen LogP contribution in [0.3, 0.4) is 0 Å². The van der Waals surface area contributed by atoms with E-state index in [9.17, 15) is 8.42 Å². The summed E-state index contributed by atoms with van der Waals surface area (Å²) < 4.78 is 30.9. The van der Waals surface area contributed by atoms with Crippen molar-refractivity contribution in [2.24, 2.45) is 5.73 Å². The second kappa shape index (κ2) is 6.03. The zero-order valence-electron chi connectivity index (χ0n) is 9.35. The van der Waals surface area contributed by atoms with Gasteiger partial charge in [-0.25, -0.2) is 13.1 Å². The Labute approximate surface area is 96.1 Å². The molecule has 5 nitrogen and oxygen atoms in total. The smallest absolute Gasteiger partial charge is 0.274 e. The molecule has 0 spiro atoms. The van der Waals surface area contributed by atoms with Crippen LogP contribution in [0.25, 0.3) is 0 Å². The van der Waals surface area contributed by atoms with E-state index in [1.165, 1.54) is 18.4 Å². The van der Waals surface area contributed by atoms with Gasteiger partial charge in [-0.3, -0.25) is 0 Å². The van der Waals surface area contributed by atoms with Crippen molar-refractivity contribution in [1.29, 1.82) is 0 Å². The zero-order valence-corrected chi connectivity index (χ0v) is 10.2. The summed E-state index contributed by atoms with van der Waals surface area (Å²) in [5, 5.41) is -0.0672. The van der Waals surface area contributed by atoms with Crippen molar-refractivity contribution in [2.45, 2.75) is 37.3 Å². The van der Waals surface area contributed by atoms with E-state index in [0.717, 1.165) is 19.3 Å². The SMILES string of the molecule is CCCC[C@H](CN)NS(=O)(=O)c1ccco1. The first kappa shape index (κ1) is 13.2. The minimum absolute atomic E-state index is 0.0672. The molecule has 0 aromatic carbocycles. The Morgan fingerprint density at radius 1 is 1.56 bits per heavy atom. The number of rotatable bonds is 7. The van der Waals surface area contributed by atoms with Crippen LogP contribution in [0.2, 0.25) is 0 Å². The van der Waals surface area contributed by atoms with E-state index in [0.29, 0.717) is 6.54 Å². The summed E-state index contributed by atoms with van der Waals surface area (Å²) in [6.07, 6.45) is 4.03. The van der Waals surface area contributed by atoms with Gasteiger partial charge in [0.2, 0.25) is 5.09 Å². The van der Waals surface area contributed by atoms with Crippen molar-refractivity contribution in [3.05, 3.63) is 18.4 Å². The van der Waals surface area contributed by atoms with Gasteiger partial charge in [0, 0.05) is 12.6 Å². The van der Waals surface area contributed by atoms with Gasteiger partial charge in [0.25, 0.3) is 10.0 Å². The van der Waals surface area contributed by atoms with Crippen LogP contribution in [0.5, 0.6) is 0 Å². The van der Waals surface area contributed by atoms with Crippen molar-refractivity contribution >= 4 is 10.0 Å². The number of hydrogen-bond acceptors (Lipinski definition) is 4. The summed E-state index contributed by atoms with van der Waals surface area (Å²) >= 11 is 0. The lowest BCUT2D eigenvalue weighted by molar-refractivity contribution is 0.437. The van der Waals surface area contributed by atoms with E-state index >= 15 is 0 Å². The summed E-state index contributed by atoms with van der Waals surface area (Å²) in [4.78, 5) is 0. The van der Waals surface area contributed by atoms with Gasteiger partial charge >= 0.3 is 0 Å². The lowest BCUT2D eigenvalue weighted by Crippen LogP contribution is -2.39. The van der Waals surface area contributed by atoms with Gasteiger partial charge in [0.05, 0.1) is 6.26 Å². The minimum atomic E-state index is -3.56. The van der Waals surface area contributed by atoms with Crippen LogP contribution in [0.1, 0.15) is 26.2 Å². The molecule has 1 atom stereocenters. The summed E-state index contributed by atoms with van der Waals surface area (Å²) in [6, 6.07) is 2.73. The molecule has 1 aromatic heterocycles. The predicted octanol–water partition coefficient (Wildman–Crippen LogP) is 1.08. The number of nitrogens with one attached hydrogen (secondary N) is 1. The van der Waals surface area contributed by atoms with Crippen LogP contribution in [0.15, 0.2) is 27.9 Å². The fourth-order valence-electron chi connectivity index (χ4n) is 1.37. The molecule has 0 bridgehead atoms. The van der Waals surface area contributed by atoms with Gasteiger partial charge in [0.1, 0.15) is 0 Å². The largest absolute Gasteiger partial charge is 0.452 e. The molecule has 0 saturated heterocycles. The van der Waals surface area contributed by atoms with Crippen molar-refractivity contribution in [2.75, 3.05) is 6.54 Å². The highest BCUT2D eigenvalue weighted by Crippen LogP contribution is 2.10. The van der Waals surface area contributed by atoms with Crippen LogP contribution >= 0.6 is 0 Å². The molecule has 92 valence electrons. The molecule has 6 heteroatoms. The molecular weight excluding hydrogens is 228 g/mol. The molecular formula is C10H18N2O3S. The van der Waals surface area contributed by atoms with Crippen LogP contribution in [0.4, 0.5) is 0 Å². The highest BCUT2D eigenvalue weighted by molar-refractivity contribution is 7.89. The Morgan fingerprint density at radius 2 is 2.31 bits per heavy atom. The third-order valence-corrected chi connectivity index (χ3v) is 3.68. The number of furan rings is 1. The van der Waals surface area contributed by atoms with Gasteiger partial charge < -0.3 is 10.2 Å². The Kier molecular flexibility index (Phi) is 4.98. The summed E-state index contributed by atoms with van der Waals surface area (Å²) in [5.41, 5.74) is 5.52. The van der Waals surface area contributed by atoms with E-state index < -0.39 is 10.0 Å². The highest BCUT2D eigenvalue weighted by atomic mass is 32.2. The molecule has 0 aliphatic rings. The summed E-state index contributed by atoms with van der Waals surface area (Å²) in [5.74, 6) is 0. The van der Waals surface area contributed by atoms with Gasteiger partial charge in [-0.2, -0.15) is 0 Å². The fourth-order valence-corrected chi connectivity index (χ4v) is 2.58. The third-order valence-electron chi connectivity index (χ3n) is 2.27. The van der Waals surface area contributed by atoms with Crippen LogP contribution in [0, 0.1) is 0 Å². The lowest BCUT2D eigenvalue weighted by Gasteiger charge is -2.15. The van der Waals surface area contributed by atoms with Gasteiger partial charge in [-0.1, -0.05) is 19.8 Å². The average Bonchev–Trinajstić information content (AvgIpc) is 2.78. The summed E-state index contributed by atoms with van der Waals surface area (Å²) in [6.45, 7) is 2.34. The van der Waals surface area contributed by atoms with Crippen LogP contribution < -0.4 is 10.5 Å². The molecule has 16 heavy (non-hydrogen) atoms. The first-order chi connectivity index (χ1) is 7.60. The van der Waals surface area contributed by atoms with Crippen LogP contribution in [-0.2, 0) is 10.0 Å². The maximum Gasteiger partial charge on any atom is 0.274 e. The lowest BCUT2D eigenvalue weighted by atomic mass is 10.1. The fraction of sp³-hybridized carbons (Fsp3) is 0.600. The normalized spacial score (nSPS) is 13.9. The average molecular weight is 246 g/mol. The monoisotopic (exact) mass is 246 g/mol. The molecule has 0 fully saturated rings. The Hall–Kier alpha value is -0.850. The molecule has 0 aliphatic carbocycles. The maximum atomic E-state index is 11.8. The Morgan fingerprint density at radius 3 is 2.81 bits per heavy atom. The predicted molar refractivity (Wildman–Crippen MR) is 61.4 cm³/mol. The molecule has 3 N–H and O–H groups in total. The maximum absolute atomic E-state index is 11.8. The standard InChI is InChI=1S/C10H18N2O3S/c1-2-3-5-9(8-11)12-16(13,14)10-6-4-7-15-10/h4,6-7,9,12H,2-3,5,8,11H2,1H3/t9-/m1/s1. The molecule has 0 unspecified atom stereocenters. The van der Waals surface area contributed by atoms with E-state index in [4.69, 9.17) is 10.2 Å². The molecule has 0 amide bonds. The highest BCUT2D eigenvalue weighted by Gasteiger charge is 2.20. The van der Waals surface area contributed by atoms with Crippen LogP contribution in [-0.4, -0.2) is 21.0 Å². The second-order valence-electron chi connectivity index (χ2n) is 3.63. The topological polar surface area (TPSA) is 85.3 Å². The second-order valence-corrected chi connectivity index (χ2v) is 5.27. The third kappa shape index (κ3) is 3.62. The van der Waals surface area contributed by atoms with E-state index in [-0.39, 0.29) is 11.1 Å². The number of sulfonamides is 1. The first-order valence-electron chi connectivity index (χ1n) is 5.36. The quantitative estimate of drug-likeness (QED) is 0.753. The van der Waals surface area contributed by atoms with E-state index in [1.54, 1.807) is 0 Å². The number of hydrogen-bond donors (Lipinski definition) is 2. The molecule has 0 aliphatic heterocycles. The molecule has 0 saturated carbocycles. The first-order valence-corrected chi connectivity index (χ1v) is 6.84. The molecule has 1 rings (SSSR count). The summed E-state index contributed by atoms with van der Waals surface area (Å²) in [7, 11) is -3.56. The van der Waals surface area contributed by atoms with Crippen molar-refractivity contribution in [3.63, 3.8) is 0 Å². The van der Waals surface area contributed by atoms with Crippen molar-refractivity contribution in [1.82, 2.24) is 4.72 Å². The van der Waals surface area contributed by atoms with E-state index in [1.807, 2.05) is 0 Å². The number of nitrogens with two attached hydrogens (primary N) is 1. The molecule has 0 radical (unpaired) electrons. The Balaban J connectivity index is 2.64. The Bertz CT molecular complexity index is 386. The molecule has 1 aromatic rings. The van der Waals surface area contributed by atoms with Crippen molar-refractivity contribution in [3.8, 4) is 0 Å². The van der Waals surface area contributed by atoms with Gasteiger partial charge in [-0.15, -0.1) is 0 Å².